The molecule has 0 bridgehead atoms. The standard InChI is InChI=1S/C19H19N3O2/c23-18-7-4-10-22(18)16-12-21(13-16)19(24)17-11-15(8-9-20-17)14-5-2-1-3-6-14/h1-3,5-6,8-9,11,16H,4,7,10,12-13H2. The summed E-state index contributed by atoms with van der Waals surface area (Å²) in [7, 11) is 0. The summed E-state index contributed by atoms with van der Waals surface area (Å²) >= 11 is 0. The fourth-order valence-corrected chi connectivity index (χ4v) is 3.39. The number of carbonyl (C=O) groups is 2. The number of aromatic nitrogens is 1. The lowest BCUT2D eigenvalue weighted by atomic mass is 10.0. The lowest BCUT2D eigenvalue weighted by Crippen LogP contribution is -2.61. The summed E-state index contributed by atoms with van der Waals surface area (Å²) in [6.07, 6.45) is 3.26. The van der Waals surface area contributed by atoms with Gasteiger partial charge in [-0.3, -0.25) is 14.6 Å². The van der Waals surface area contributed by atoms with Gasteiger partial charge in [0, 0.05) is 32.3 Å². The maximum absolute atomic E-state index is 12.6. The molecule has 2 fully saturated rings. The van der Waals surface area contributed by atoms with Crippen molar-refractivity contribution < 1.29 is 9.59 Å². The highest BCUT2D eigenvalue weighted by Gasteiger charge is 2.39. The largest absolute Gasteiger partial charge is 0.336 e. The molecule has 24 heavy (non-hydrogen) atoms. The van der Waals surface area contributed by atoms with Crippen molar-refractivity contribution in [3.8, 4) is 11.1 Å². The van der Waals surface area contributed by atoms with E-state index in [1.54, 1.807) is 11.1 Å². The Morgan fingerprint density at radius 2 is 1.88 bits per heavy atom. The molecule has 3 heterocycles. The normalized spacial score (nSPS) is 17.9. The van der Waals surface area contributed by atoms with E-state index in [0.29, 0.717) is 25.2 Å². The quantitative estimate of drug-likeness (QED) is 0.871. The molecule has 4 rings (SSSR count). The zero-order chi connectivity index (χ0) is 16.5. The average Bonchev–Trinajstić information content (AvgIpc) is 3.00. The van der Waals surface area contributed by atoms with Crippen LogP contribution in [0.3, 0.4) is 0 Å². The molecule has 2 aliphatic rings. The first-order valence-corrected chi connectivity index (χ1v) is 8.32. The molecule has 1 aromatic heterocycles. The van der Waals surface area contributed by atoms with Gasteiger partial charge in [0.25, 0.3) is 5.91 Å². The Labute approximate surface area is 140 Å². The number of nitrogens with zero attached hydrogens (tertiary/aromatic N) is 3. The Hall–Kier alpha value is -2.69. The van der Waals surface area contributed by atoms with E-state index in [-0.39, 0.29) is 17.9 Å². The molecule has 0 N–H and O–H groups in total. The van der Waals surface area contributed by atoms with Crippen molar-refractivity contribution in [3.63, 3.8) is 0 Å². The summed E-state index contributed by atoms with van der Waals surface area (Å²) in [6.45, 7) is 2.05. The summed E-state index contributed by atoms with van der Waals surface area (Å²) in [5.74, 6) is 0.159. The first-order valence-electron chi connectivity index (χ1n) is 8.32. The first-order chi connectivity index (χ1) is 11.7. The number of benzene rings is 1. The summed E-state index contributed by atoms with van der Waals surface area (Å²) in [5.41, 5.74) is 2.52. The molecule has 0 unspecified atom stereocenters. The Bertz CT molecular complexity index is 769. The highest BCUT2D eigenvalue weighted by atomic mass is 16.2. The van der Waals surface area contributed by atoms with Gasteiger partial charge in [-0.15, -0.1) is 0 Å². The minimum absolute atomic E-state index is 0.0596. The summed E-state index contributed by atoms with van der Waals surface area (Å²) in [6, 6.07) is 13.9. The minimum atomic E-state index is -0.0596. The van der Waals surface area contributed by atoms with Crippen molar-refractivity contribution in [2.75, 3.05) is 19.6 Å². The Morgan fingerprint density at radius 3 is 2.58 bits per heavy atom. The zero-order valence-corrected chi connectivity index (χ0v) is 13.4. The van der Waals surface area contributed by atoms with Gasteiger partial charge in [0.15, 0.2) is 0 Å². The predicted molar refractivity (Wildman–Crippen MR) is 90.3 cm³/mol. The third-order valence-corrected chi connectivity index (χ3v) is 4.79. The molecule has 2 aromatic rings. The molecule has 122 valence electrons. The van der Waals surface area contributed by atoms with Crippen LogP contribution in [0.2, 0.25) is 0 Å². The molecular weight excluding hydrogens is 302 g/mol. The van der Waals surface area contributed by atoms with Crippen LogP contribution in [-0.4, -0.2) is 52.3 Å². The number of amides is 2. The smallest absolute Gasteiger partial charge is 0.272 e. The minimum Gasteiger partial charge on any atom is -0.336 e. The Balaban J connectivity index is 1.45. The van der Waals surface area contributed by atoms with E-state index in [1.165, 1.54) is 0 Å². The molecule has 2 aliphatic heterocycles. The highest BCUT2D eigenvalue weighted by Crippen LogP contribution is 2.24. The summed E-state index contributed by atoms with van der Waals surface area (Å²) < 4.78 is 0. The molecule has 2 saturated heterocycles. The van der Waals surface area contributed by atoms with Crippen molar-refractivity contribution in [1.82, 2.24) is 14.8 Å². The van der Waals surface area contributed by atoms with Gasteiger partial charge < -0.3 is 9.80 Å². The molecule has 2 amide bonds. The van der Waals surface area contributed by atoms with Gasteiger partial charge in [-0.25, -0.2) is 0 Å². The van der Waals surface area contributed by atoms with Crippen LogP contribution in [0, 0.1) is 0 Å². The summed E-state index contributed by atoms with van der Waals surface area (Å²) in [4.78, 5) is 32.3. The van der Waals surface area contributed by atoms with Crippen LogP contribution in [0.4, 0.5) is 0 Å². The van der Waals surface area contributed by atoms with Gasteiger partial charge in [0.05, 0.1) is 6.04 Å². The molecule has 0 atom stereocenters. The van der Waals surface area contributed by atoms with Crippen molar-refractivity contribution >= 4 is 11.8 Å². The van der Waals surface area contributed by atoms with Crippen LogP contribution in [-0.2, 0) is 4.79 Å². The van der Waals surface area contributed by atoms with Gasteiger partial charge in [-0.05, 0) is 29.7 Å². The topological polar surface area (TPSA) is 53.5 Å². The van der Waals surface area contributed by atoms with E-state index in [2.05, 4.69) is 4.98 Å². The third kappa shape index (κ3) is 2.66. The van der Waals surface area contributed by atoms with E-state index in [9.17, 15) is 9.59 Å². The molecular formula is C19H19N3O2. The van der Waals surface area contributed by atoms with Gasteiger partial charge >= 0.3 is 0 Å². The second-order valence-corrected chi connectivity index (χ2v) is 6.35. The zero-order valence-electron chi connectivity index (χ0n) is 13.4. The van der Waals surface area contributed by atoms with Crippen LogP contribution < -0.4 is 0 Å². The van der Waals surface area contributed by atoms with Crippen LogP contribution >= 0.6 is 0 Å². The molecule has 0 saturated carbocycles. The molecule has 0 radical (unpaired) electrons. The second-order valence-electron chi connectivity index (χ2n) is 6.35. The number of carbonyl (C=O) groups excluding carboxylic acids is 2. The van der Waals surface area contributed by atoms with Crippen LogP contribution in [0.25, 0.3) is 11.1 Å². The molecule has 5 heteroatoms. The van der Waals surface area contributed by atoms with E-state index in [4.69, 9.17) is 0 Å². The first kappa shape index (κ1) is 14.9. The lowest BCUT2D eigenvalue weighted by molar-refractivity contribution is -0.132. The molecule has 0 spiro atoms. The maximum atomic E-state index is 12.6. The maximum Gasteiger partial charge on any atom is 0.272 e. The number of hydrogen-bond donors (Lipinski definition) is 0. The van der Waals surface area contributed by atoms with E-state index in [1.807, 2.05) is 47.4 Å². The molecule has 5 nitrogen and oxygen atoms in total. The van der Waals surface area contributed by atoms with Crippen molar-refractivity contribution in [1.29, 1.82) is 0 Å². The predicted octanol–water partition coefficient (Wildman–Crippen LogP) is 2.20. The summed E-state index contributed by atoms with van der Waals surface area (Å²) in [5, 5.41) is 0. The Morgan fingerprint density at radius 1 is 1.08 bits per heavy atom. The average molecular weight is 321 g/mol. The molecule has 1 aromatic carbocycles. The highest BCUT2D eigenvalue weighted by molar-refractivity contribution is 5.94. The Kier molecular flexibility index (Phi) is 3.76. The lowest BCUT2D eigenvalue weighted by Gasteiger charge is -2.43. The fourth-order valence-electron chi connectivity index (χ4n) is 3.39. The number of likely N-dealkylation sites (tertiary alicyclic amines) is 2. The van der Waals surface area contributed by atoms with E-state index >= 15 is 0 Å². The third-order valence-electron chi connectivity index (χ3n) is 4.79. The van der Waals surface area contributed by atoms with Gasteiger partial charge in [0.2, 0.25) is 5.91 Å². The van der Waals surface area contributed by atoms with Gasteiger partial charge in [-0.1, -0.05) is 30.3 Å². The molecule has 0 aliphatic carbocycles. The number of rotatable bonds is 3. The van der Waals surface area contributed by atoms with Crippen molar-refractivity contribution in [3.05, 3.63) is 54.4 Å². The number of hydrogen-bond acceptors (Lipinski definition) is 3. The van der Waals surface area contributed by atoms with Crippen molar-refractivity contribution in [2.45, 2.75) is 18.9 Å². The van der Waals surface area contributed by atoms with E-state index < -0.39 is 0 Å². The van der Waals surface area contributed by atoms with E-state index in [0.717, 1.165) is 24.1 Å². The number of pyridine rings is 1. The van der Waals surface area contributed by atoms with Crippen LogP contribution in [0.15, 0.2) is 48.7 Å². The monoisotopic (exact) mass is 321 g/mol. The van der Waals surface area contributed by atoms with Crippen LogP contribution in [0.1, 0.15) is 23.3 Å². The SMILES string of the molecule is O=C(c1cc(-c2ccccc2)ccn1)N1CC(N2CCCC2=O)C1. The van der Waals surface area contributed by atoms with Gasteiger partial charge in [-0.2, -0.15) is 0 Å². The van der Waals surface area contributed by atoms with Crippen LogP contribution in [0.5, 0.6) is 0 Å². The second kappa shape index (κ2) is 6.07. The van der Waals surface area contributed by atoms with Crippen molar-refractivity contribution in [2.24, 2.45) is 0 Å². The van der Waals surface area contributed by atoms with Gasteiger partial charge in [0.1, 0.15) is 5.69 Å². The fraction of sp³-hybridized carbons (Fsp3) is 0.316.